The molecule has 0 fully saturated rings. The van der Waals surface area contributed by atoms with Crippen molar-refractivity contribution in [3.05, 3.63) is 106 Å². The molecule has 0 nitrogen and oxygen atoms in total. The van der Waals surface area contributed by atoms with Gasteiger partial charge in [-0.25, -0.2) is 4.39 Å². The zero-order valence-corrected chi connectivity index (χ0v) is 17.3. The van der Waals surface area contributed by atoms with Gasteiger partial charge in [0.05, 0.1) is 5.56 Å². The van der Waals surface area contributed by atoms with E-state index in [4.69, 9.17) is 11.6 Å². The molecule has 0 aliphatic rings. The normalized spacial score (nSPS) is 10.7. The van der Waals surface area contributed by atoms with E-state index >= 15 is 0 Å². The molecule has 0 radical (unpaired) electrons. The number of halogens is 2. The lowest BCUT2D eigenvalue weighted by Crippen LogP contribution is -1.85. The van der Waals surface area contributed by atoms with Crippen molar-refractivity contribution in [2.75, 3.05) is 0 Å². The first kappa shape index (κ1) is 20.9. The number of unbranched alkanes of at least 4 members (excludes halogenated alkanes) is 1. The second-order valence-electron chi connectivity index (χ2n) is 6.95. The molecule has 0 aliphatic carbocycles. The van der Waals surface area contributed by atoms with Crippen molar-refractivity contribution in [2.24, 2.45) is 0 Å². The fourth-order valence-electron chi connectivity index (χ4n) is 2.99. The molecular formula is C27H24ClF. The maximum Gasteiger partial charge on any atom is 0.140 e. The van der Waals surface area contributed by atoms with Crippen molar-refractivity contribution < 1.29 is 4.39 Å². The van der Waals surface area contributed by atoms with E-state index in [0.717, 1.165) is 30.4 Å². The molecule has 0 saturated heterocycles. The summed E-state index contributed by atoms with van der Waals surface area (Å²) in [4.78, 5) is 0. The van der Waals surface area contributed by atoms with E-state index < -0.39 is 5.82 Å². The van der Waals surface area contributed by atoms with Crippen LogP contribution in [-0.2, 0) is 6.42 Å². The van der Waals surface area contributed by atoms with Crippen molar-refractivity contribution in [3.63, 3.8) is 0 Å². The maximum absolute atomic E-state index is 13.8. The molecular weight excluding hydrogens is 379 g/mol. The van der Waals surface area contributed by atoms with Gasteiger partial charge in [0.2, 0.25) is 0 Å². The Bertz CT molecular complexity index is 1020. The highest BCUT2D eigenvalue weighted by Gasteiger charge is 2.00. The molecule has 0 N–H and O–H groups in total. The summed E-state index contributed by atoms with van der Waals surface area (Å²) in [6.07, 6.45) is 9.05. The van der Waals surface area contributed by atoms with Crippen LogP contribution >= 0.6 is 11.6 Å². The van der Waals surface area contributed by atoms with Crippen LogP contribution in [0.25, 0.3) is 11.1 Å². The van der Waals surface area contributed by atoms with E-state index in [0.29, 0.717) is 10.6 Å². The monoisotopic (exact) mass is 402 g/mol. The summed E-state index contributed by atoms with van der Waals surface area (Å²) < 4.78 is 13.8. The van der Waals surface area contributed by atoms with E-state index in [1.54, 1.807) is 12.1 Å². The molecule has 0 heterocycles. The van der Waals surface area contributed by atoms with Gasteiger partial charge in [-0.1, -0.05) is 85.3 Å². The lowest BCUT2D eigenvalue weighted by Gasteiger charge is -2.04. The molecule has 0 aliphatic heterocycles. The Kier molecular flexibility index (Phi) is 7.68. The number of rotatable bonds is 6. The highest BCUT2D eigenvalue weighted by Crippen LogP contribution is 2.21. The van der Waals surface area contributed by atoms with E-state index in [1.807, 2.05) is 24.3 Å². The third-order valence-corrected chi connectivity index (χ3v) is 4.90. The van der Waals surface area contributed by atoms with Gasteiger partial charge >= 0.3 is 0 Å². The first-order chi connectivity index (χ1) is 14.2. The number of hydrogen-bond donors (Lipinski definition) is 0. The van der Waals surface area contributed by atoms with Crippen molar-refractivity contribution in [2.45, 2.75) is 32.6 Å². The Morgan fingerprint density at radius 3 is 2.14 bits per heavy atom. The van der Waals surface area contributed by atoms with Gasteiger partial charge in [-0.15, -0.1) is 0 Å². The summed E-state index contributed by atoms with van der Waals surface area (Å²) in [5, 5.41) is 0.372. The predicted octanol–water partition coefficient (Wildman–Crippen LogP) is 7.83. The minimum Gasteiger partial charge on any atom is -0.206 e. The molecule has 0 atom stereocenters. The number of benzene rings is 3. The van der Waals surface area contributed by atoms with Gasteiger partial charge in [-0.3, -0.25) is 0 Å². The maximum atomic E-state index is 13.8. The zero-order valence-electron chi connectivity index (χ0n) is 16.6. The zero-order chi connectivity index (χ0) is 20.5. The van der Waals surface area contributed by atoms with Crippen LogP contribution in [0, 0.1) is 17.7 Å². The van der Waals surface area contributed by atoms with Crippen molar-refractivity contribution in [1.82, 2.24) is 0 Å². The highest BCUT2D eigenvalue weighted by molar-refractivity contribution is 6.30. The Labute approximate surface area is 178 Å². The SMILES string of the molecule is CCCC=CCCc1ccc(-c2ccc(C#Cc3ccc(Cl)cc3F)cc2)cc1. The van der Waals surface area contributed by atoms with Gasteiger partial charge in [0.15, 0.2) is 0 Å². The predicted molar refractivity (Wildman–Crippen MR) is 122 cm³/mol. The van der Waals surface area contributed by atoms with Crippen LogP contribution in [0.5, 0.6) is 0 Å². The molecule has 0 bridgehead atoms. The Morgan fingerprint density at radius 2 is 1.48 bits per heavy atom. The van der Waals surface area contributed by atoms with Crippen LogP contribution < -0.4 is 0 Å². The molecule has 0 unspecified atom stereocenters. The molecule has 0 spiro atoms. The van der Waals surface area contributed by atoms with Crippen LogP contribution in [0.4, 0.5) is 4.39 Å². The molecule has 2 heteroatoms. The molecule has 3 aromatic carbocycles. The second-order valence-corrected chi connectivity index (χ2v) is 7.38. The summed E-state index contributed by atoms with van der Waals surface area (Å²) in [6.45, 7) is 2.20. The average molecular weight is 403 g/mol. The van der Waals surface area contributed by atoms with Crippen molar-refractivity contribution >= 4 is 11.6 Å². The third-order valence-electron chi connectivity index (χ3n) is 4.67. The lowest BCUT2D eigenvalue weighted by molar-refractivity contribution is 0.624. The van der Waals surface area contributed by atoms with Gasteiger partial charge in [0.1, 0.15) is 5.82 Å². The van der Waals surface area contributed by atoms with Crippen LogP contribution in [-0.4, -0.2) is 0 Å². The van der Waals surface area contributed by atoms with Crippen LogP contribution in [0.1, 0.15) is 42.9 Å². The first-order valence-electron chi connectivity index (χ1n) is 9.97. The topological polar surface area (TPSA) is 0 Å². The minimum absolute atomic E-state index is 0.346. The molecule has 146 valence electrons. The second kappa shape index (κ2) is 10.6. The van der Waals surface area contributed by atoms with Gasteiger partial charge in [-0.2, -0.15) is 0 Å². The Morgan fingerprint density at radius 1 is 0.828 bits per heavy atom. The van der Waals surface area contributed by atoms with E-state index in [1.165, 1.54) is 23.6 Å². The van der Waals surface area contributed by atoms with E-state index in [2.05, 4.69) is 55.2 Å². The summed E-state index contributed by atoms with van der Waals surface area (Å²) >= 11 is 5.77. The van der Waals surface area contributed by atoms with Gasteiger partial charge < -0.3 is 0 Å². The van der Waals surface area contributed by atoms with Crippen molar-refractivity contribution in [3.8, 4) is 23.0 Å². The highest BCUT2D eigenvalue weighted by atomic mass is 35.5. The summed E-state index contributed by atoms with van der Waals surface area (Å²) in [6, 6.07) is 21.2. The Hall–Kier alpha value is -2.82. The fourth-order valence-corrected chi connectivity index (χ4v) is 3.15. The van der Waals surface area contributed by atoms with Crippen LogP contribution in [0.3, 0.4) is 0 Å². The van der Waals surface area contributed by atoms with E-state index in [9.17, 15) is 4.39 Å². The standard InChI is InChI=1S/C27H24ClF/c1-2-3-4-5-6-7-21-8-13-23(14-9-21)24-15-10-22(11-16-24)12-17-25-18-19-26(28)20-27(25)29/h4-5,8-11,13-16,18-20H,2-3,6-7H2,1H3. The molecule has 3 aromatic rings. The third kappa shape index (κ3) is 6.34. The molecule has 0 amide bonds. The minimum atomic E-state index is -0.400. The van der Waals surface area contributed by atoms with Crippen LogP contribution in [0.15, 0.2) is 78.9 Å². The summed E-state index contributed by atoms with van der Waals surface area (Å²) in [5.41, 5.74) is 4.86. The molecule has 0 aromatic heterocycles. The van der Waals surface area contributed by atoms with Crippen LogP contribution in [0.2, 0.25) is 5.02 Å². The summed E-state index contributed by atoms with van der Waals surface area (Å²) in [5.74, 6) is 5.47. The molecule has 0 saturated carbocycles. The quantitative estimate of drug-likeness (QED) is 0.291. The molecule has 29 heavy (non-hydrogen) atoms. The number of allylic oxidation sites excluding steroid dienone is 2. The van der Waals surface area contributed by atoms with Gasteiger partial charge in [0, 0.05) is 10.6 Å². The number of aryl methyl sites for hydroxylation is 1. The fraction of sp³-hybridized carbons (Fsp3) is 0.185. The first-order valence-corrected chi connectivity index (χ1v) is 10.3. The average Bonchev–Trinajstić information content (AvgIpc) is 2.74. The largest absolute Gasteiger partial charge is 0.206 e. The summed E-state index contributed by atoms with van der Waals surface area (Å²) in [7, 11) is 0. The smallest absolute Gasteiger partial charge is 0.140 e. The number of hydrogen-bond acceptors (Lipinski definition) is 0. The van der Waals surface area contributed by atoms with Gasteiger partial charge in [-0.05, 0) is 66.3 Å². The lowest BCUT2D eigenvalue weighted by atomic mass is 10.0. The molecule has 3 rings (SSSR count). The van der Waals surface area contributed by atoms with Crippen molar-refractivity contribution in [1.29, 1.82) is 0 Å². The van der Waals surface area contributed by atoms with E-state index in [-0.39, 0.29) is 0 Å². The van der Waals surface area contributed by atoms with Gasteiger partial charge in [0.25, 0.3) is 0 Å². The Balaban J connectivity index is 1.63.